The Bertz CT molecular complexity index is 379. The molecule has 0 saturated carbocycles. The van der Waals surface area contributed by atoms with Crippen molar-refractivity contribution in [3.05, 3.63) is 19.3 Å². The summed E-state index contributed by atoms with van der Waals surface area (Å²) in [6, 6.07) is 3.55. The number of carboxylic acid groups (broad SMARTS) is 1. The molecule has 0 fully saturated rings. The molecule has 0 bridgehead atoms. The molecule has 0 saturated heterocycles. The number of carboxylic acids is 1. The first-order valence-corrected chi connectivity index (χ1v) is 6.08. The molecule has 1 aromatic carbocycles. The Kier molecular flexibility index (Phi) is 4.90. The van der Waals surface area contributed by atoms with Gasteiger partial charge in [-0.2, -0.15) is 0 Å². The Morgan fingerprint density at radius 1 is 1.47 bits per heavy atom. The van der Waals surface area contributed by atoms with E-state index in [0.29, 0.717) is 11.5 Å². The van der Waals surface area contributed by atoms with E-state index in [2.05, 4.69) is 45.2 Å². The van der Waals surface area contributed by atoms with Crippen molar-refractivity contribution in [2.75, 3.05) is 13.7 Å². The normalized spacial score (nSPS) is 9.80. The second-order valence-electron chi connectivity index (χ2n) is 2.58. The van der Waals surface area contributed by atoms with Gasteiger partial charge in [-0.1, -0.05) is 0 Å². The molecular weight excluding hydrogens is 426 g/mol. The molecule has 82 valence electrons. The molecule has 15 heavy (non-hydrogen) atoms. The first-order chi connectivity index (χ1) is 7.06. The quantitative estimate of drug-likeness (QED) is 0.741. The second-order valence-corrected chi connectivity index (χ2v) is 4.82. The summed E-state index contributed by atoms with van der Waals surface area (Å²) in [5.74, 6) is 0.234. The summed E-state index contributed by atoms with van der Waals surface area (Å²) in [6.45, 7) is -0.347. The van der Waals surface area contributed by atoms with Crippen LogP contribution in [0.2, 0.25) is 0 Å². The van der Waals surface area contributed by atoms with Crippen LogP contribution in [0.3, 0.4) is 0 Å². The van der Waals surface area contributed by atoms with Gasteiger partial charge in [-0.05, 0) is 57.3 Å². The maximum Gasteiger partial charge on any atom is 0.341 e. The molecule has 0 aliphatic carbocycles. The van der Waals surface area contributed by atoms with Crippen LogP contribution in [0.1, 0.15) is 0 Å². The number of rotatable bonds is 4. The lowest BCUT2D eigenvalue weighted by Gasteiger charge is -2.10. The fourth-order valence-electron chi connectivity index (χ4n) is 0.953. The van der Waals surface area contributed by atoms with Gasteiger partial charge in [0.05, 0.1) is 14.3 Å². The first-order valence-electron chi connectivity index (χ1n) is 3.93. The van der Waals surface area contributed by atoms with Crippen LogP contribution >= 0.6 is 45.2 Å². The zero-order chi connectivity index (χ0) is 11.4. The van der Waals surface area contributed by atoms with Crippen molar-refractivity contribution >= 4 is 51.2 Å². The average Bonchev–Trinajstić information content (AvgIpc) is 2.17. The number of carbonyl (C=O) groups is 1. The molecule has 1 rings (SSSR count). The molecule has 1 N–H and O–H groups in total. The summed E-state index contributed by atoms with van der Waals surface area (Å²) in [6.07, 6.45) is 0. The van der Waals surface area contributed by atoms with Crippen molar-refractivity contribution in [3.8, 4) is 11.5 Å². The van der Waals surface area contributed by atoms with Gasteiger partial charge in [0.2, 0.25) is 0 Å². The Morgan fingerprint density at radius 3 is 2.67 bits per heavy atom. The number of methoxy groups -OCH3 is 1. The Hall–Kier alpha value is -0.250. The Balaban J connectivity index is 2.94. The number of halogens is 2. The zero-order valence-corrected chi connectivity index (χ0v) is 12.1. The van der Waals surface area contributed by atoms with Crippen LogP contribution in [0.4, 0.5) is 0 Å². The van der Waals surface area contributed by atoms with Gasteiger partial charge in [-0.25, -0.2) is 4.79 Å². The van der Waals surface area contributed by atoms with Gasteiger partial charge in [0.15, 0.2) is 6.61 Å². The molecule has 1 aromatic rings. The standard InChI is InChI=1S/C9H8I2O4/c1-14-9-5(10)2-3-6(8(9)11)15-4-7(12)13/h2-3H,4H2,1H3,(H,12,13). The third-order valence-corrected chi connectivity index (χ3v) is 3.44. The molecule has 0 aliphatic heterocycles. The van der Waals surface area contributed by atoms with Crippen LogP contribution < -0.4 is 9.47 Å². The minimum absolute atomic E-state index is 0.347. The summed E-state index contributed by atoms with van der Waals surface area (Å²) >= 11 is 4.21. The molecule has 6 heteroatoms. The maximum atomic E-state index is 10.3. The average molecular weight is 434 g/mol. The molecule has 0 aliphatic rings. The summed E-state index contributed by atoms with van der Waals surface area (Å²) in [5.41, 5.74) is 0. The van der Waals surface area contributed by atoms with Crippen molar-refractivity contribution in [2.24, 2.45) is 0 Å². The van der Waals surface area contributed by atoms with Crippen LogP contribution in [-0.2, 0) is 4.79 Å². The number of aliphatic carboxylic acids is 1. The van der Waals surface area contributed by atoms with E-state index in [-0.39, 0.29) is 6.61 Å². The maximum absolute atomic E-state index is 10.3. The highest BCUT2D eigenvalue weighted by molar-refractivity contribution is 14.1. The lowest BCUT2D eigenvalue weighted by molar-refractivity contribution is -0.139. The van der Waals surface area contributed by atoms with Gasteiger partial charge in [0.25, 0.3) is 0 Å². The van der Waals surface area contributed by atoms with Crippen LogP contribution in [0, 0.1) is 7.14 Å². The molecule has 0 amide bonds. The number of benzene rings is 1. The molecule has 0 radical (unpaired) electrons. The lowest BCUT2D eigenvalue weighted by atomic mass is 10.3. The molecule has 4 nitrogen and oxygen atoms in total. The van der Waals surface area contributed by atoms with Gasteiger partial charge in [-0.3, -0.25) is 0 Å². The zero-order valence-electron chi connectivity index (χ0n) is 7.79. The second kappa shape index (κ2) is 5.73. The molecule has 0 atom stereocenters. The van der Waals surface area contributed by atoms with Gasteiger partial charge in [0.1, 0.15) is 11.5 Å². The van der Waals surface area contributed by atoms with Crippen molar-refractivity contribution < 1.29 is 19.4 Å². The van der Waals surface area contributed by atoms with Gasteiger partial charge < -0.3 is 14.6 Å². The molecule has 0 unspecified atom stereocenters. The van der Waals surface area contributed by atoms with Crippen molar-refractivity contribution in [2.45, 2.75) is 0 Å². The summed E-state index contributed by atoms with van der Waals surface area (Å²) in [5, 5.41) is 8.49. The topological polar surface area (TPSA) is 55.8 Å². The lowest BCUT2D eigenvalue weighted by Crippen LogP contribution is -2.10. The van der Waals surface area contributed by atoms with E-state index >= 15 is 0 Å². The molecule has 0 spiro atoms. The van der Waals surface area contributed by atoms with E-state index in [4.69, 9.17) is 14.6 Å². The smallest absolute Gasteiger partial charge is 0.341 e. The largest absolute Gasteiger partial charge is 0.494 e. The van der Waals surface area contributed by atoms with Crippen LogP contribution in [-0.4, -0.2) is 24.8 Å². The minimum atomic E-state index is -0.997. The molecule has 0 aromatic heterocycles. The van der Waals surface area contributed by atoms with E-state index in [1.165, 1.54) is 0 Å². The fourth-order valence-corrected chi connectivity index (χ4v) is 2.98. The monoisotopic (exact) mass is 434 g/mol. The highest BCUT2D eigenvalue weighted by atomic mass is 127. The first kappa shape index (κ1) is 12.8. The Labute approximate surface area is 114 Å². The van der Waals surface area contributed by atoms with Crippen molar-refractivity contribution in [3.63, 3.8) is 0 Å². The fraction of sp³-hybridized carbons (Fsp3) is 0.222. The predicted molar refractivity (Wildman–Crippen MR) is 71.6 cm³/mol. The third-order valence-electron chi connectivity index (χ3n) is 1.57. The van der Waals surface area contributed by atoms with Gasteiger partial charge in [0, 0.05) is 0 Å². The Morgan fingerprint density at radius 2 is 2.13 bits per heavy atom. The summed E-state index contributed by atoms with van der Waals surface area (Å²) < 4.78 is 12.0. The number of ether oxygens (including phenoxy) is 2. The van der Waals surface area contributed by atoms with Crippen LogP contribution in [0.25, 0.3) is 0 Å². The number of hydrogen-bond acceptors (Lipinski definition) is 3. The van der Waals surface area contributed by atoms with Gasteiger partial charge >= 0.3 is 5.97 Å². The van der Waals surface area contributed by atoms with Crippen molar-refractivity contribution in [1.29, 1.82) is 0 Å². The summed E-state index contributed by atoms with van der Waals surface area (Å²) in [4.78, 5) is 10.3. The van der Waals surface area contributed by atoms with Gasteiger partial charge in [-0.15, -0.1) is 0 Å². The van der Waals surface area contributed by atoms with E-state index in [1.807, 2.05) is 6.07 Å². The van der Waals surface area contributed by atoms with Crippen LogP contribution in [0.15, 0.2) is 12.1 Å². The van der Waals surface area contributed by atoms with Crippen LogP contribution in [0.5, 0.6) is 11.5 Å². The van der Waals surface area contributed by atoms with E-state index in [9.17, 15) is 4.79 Å². The molecule has 0 heterocycles. The van der Waals surface area contributed by atoms with E-state index in [0.717, 1.165) is 7.14 Å². The molecular formula is C9H8I2O4. The van der Waals surface area contributed by atoms with Crippen molar-refractivity contribution in [1.82, 2.24) is 0 Å². The predicted octanol–water partition coefficient (Wildman–Crippen LogP) is 2.37. The van der Waals surface area contributed by atoms with E-state index in [1.54, 1.807) is 13.2 Å². The minimum Gasteiger partial charge on any atom is -0.494 e. The van der Waals surface area contributed by atoms with E-state index < -0.39 is 5.97 Å². The summed E-state index contributed by atoms with van der Waals surface area (Å²) in [7, 11) is 1.57. The SMILES string of the molecule is COc1c(I)ccc(OCC(=O)O)c1I. The number of hydrogen-bond donors (Lipinski definition) is 1. The highest BCUT2D eigenvalue weighted by Crippen LogP contribution is 2.34. The third kappa shape index (κ3) is 3.37. The highest BCUT2D eigenvalue weighted by Gasteiger charge is 2.12.